The summed E-state index contributed by atoms with van der Waals surface area (Å²) in [6.45, 7) is -0.635. The monoisotopic (exact) mass is 420 g/mol. The van der Waals surface area contributed by atoms with Crippen molar-refractivity contribution in [2.45, 2.75) is 6.54 Å². The molecule has 2 N–H and O–H groups in total. The lowest BCUT2D eigenvalue weighted by molar-refractivity contribution is -0.150. The molecule has 0 saturated heterocycles. The zero-order valence-corrected chi connectivity index (χ0v) is 15.3. The molecule has 0 fully saturated rings. The molecule has 0 aromatic heterocycles. The number of ether oxygens (including phenoxy) is 2. The van der Waals surface area contributed by atoms with Crippen molar-refractivity contribution < 1.29 is 23.9 Å². The van der Waals surface area contributed by atoms with Crippen LogP contribution in [-0.4, -0.2) is 31.1 Å². The third-order valence-electron chi connectivity index (χ3n) is 3.07. The quantitative estimate of drug-likeness (QED) is 0.670. The second-order valence-corrected chi connectivity index (χ2v) is 6.04. The predicted octanol–water partition coefficient (Wildman–Crippen LogP) is 2.40. The van der Waals surface area contributed by atoms with E-state index >= 15 is 0 Å². The molecule has 0 aliphatic heterocycles. The van der Waals surface area contributed by atoms with Crippen LogP contribution >= 0.6 is 15.9 Å². The van der Waals surface area contributed by atoms with E-state index in [4.69, 9.17) is 9.47 Å². The molecule has 0 bridgehead atoms. The smallest absolute Gasteiger partial charge is 0.344 e. The van der Waals surface area contributed by atoms with Gasteiger partial charge in [0, 0.05) is 11.0 Å². The fourth-order valence-electron chi connectivity index (χ4n) is 1.87. The standard InChI is InChI=1S/C18H17BrN2O5/c19-14-7-4-8-15(9-14)25-12-17(23)26-11-16(22)21-18(24)20-10-13-5-2-1-3-6-13/h1-9H,10-12H2,(H2,20,21,22,24). The summed E-state index contributed by atoms with van der Waals surface area (Å²) < 4.78 is 10.8. The number of benzene rings is 2. The van der Waals surface area contributed by atoms with Gasteiger partial charge in [-0.2, -0.15) is 0 Å². The molecule has 0 aliphatic carbocycles. The van der Waals surface area contributed by atoms with Gasteiger partial charge in [0.05, 0.1) is 0 Å². The third kappa shape index (κ3) is 7.35. The SMILES string of the molecule is O=C(COC(=O)COc1cccc(Br)c1)NC(=O)NCc1ccccc1. The van der Waals surface area contributed by atoms with E-state index in [0.717, 1.165) is 10.0 Å². The van der Waals surface area contributed by atoms with Gasteiger partial charge >= 0.3 is 12.0 Å². The number of nitrogens with one attached hydrogen (secondary N) is 2. The van der Waals surface area contributed by atoms with Crippen LogP contribution in [0.2, 0.25) is 0 Å². The molecular weight excluding hydrogens is 404 g/mol. The lowest BCUT2D eigenvalue weighted by Crippen LogP contribution is -2.41. The van der Waals surface area contributed by atoms with Crippen LogP contribution in [0, 0.1) is 0 Å². The lowest BCUT2D eigenvalue weighted by Gasteiger charge is -2.08. The fourth-order valence-corrected chi connectivity index (χ4v) is 2.25. The predicted molar refractivity (Wildman–Crippen MR) is 97.4 cm³/mol. The van der Waals surface area contributed by atoms with Gasteiger partial charge in [0.25, 0.3) is 5.91 Å². The van der Waals surface area contributed by atoms with Crippen LogP contribution in [0.5, 0.6) is 5.75 Å². The minimum absolute atomic E-state index is 0.278. The highest BCUT2D eigenvalue weighted by molar-refractivity contribution is 9.10. The Bertz CT molecular complexity index is 767. The van der Waals surface area contributed by atoms with Gasteiger partial charge in [0.2, 0.25) is 0 Å². The van der Waals surface area contributed by atoms with Crippen LogP contribution in [0.3, 0.4) is 0 Å². The number of esters is 1. The molecule has 136 valence electrons. The normalized spacial score (nSPS) is 9.88. The Morgan fingerprint density at radius 3 is 2.46 bits per heavy atom. The van der Waals surface area contributed by atoms with Crippen molar-refractivity contribution in [3.63, 3.8) is 0 Å². The van der Waals surface area contributed by atoms with E-state index < -0.39 is 24.5 Å². The van der Waals surface area contributed by atoms with E-state index in [1.165, 1.54) is 0 Å². The van der Waals surface area contributed by atoms with Gasteiger partial charge in [-0.05, 0) is 23.8 Å². The Kier molecular flexibility index (Phi) is 7.63. The Morgan fingerprint density at radius 1 is 0.962 bits per heavy atom. The van der Waals surface area contributed by atoms with Gasteiger partial charge in [-0.3, -0.25) is 10.1 Å². The van der Waals surface area contributed by atoms with E-state index in [-0.39, 0.29) is 13.2 Å². The number of amides is 3. The van der Waals surface area contributed by atoms with Crippen molar-refractivity contribution in [2.75, 3.05) is 13.2 Å². The zero-order valence-electron chi connectivity index (χ0n) is 13.7. The molecule has 0 aliphatic rings. The number of halogens is 1. The number of hydrogen-bond donors (Lipinski definition) is 2. The van der Waals surface area contributed by atoms with Crippen molar-refractivity contribution in [3.8, 4) is 5.75 Å². The molecule has 0 radical (unpaired) electrons. The van der Waals surface area contributed by atoms with Crippen molar-refractivity contribution in [1.29, 1.82) is 0 Å². The van der Waals surface area contributed by atoms with Crippen molar-refractivity contribution >= 4 is 33.8 Å². The molecule has 0 atom stereocenters. The topological polar surface area (TPSA) is 93.7 Å². The first kappa shape index (κ1) is 19.5. The molecule has 0 saturated carbocycles. The maximum absolute atomic E-state index is 11.6. The highest BCUT2D eigenvalue weighted by Gasteiger charge is 2.11. The summed E-state index contributed by atoms with van der Waals surface area (Å²) in [7, 11) is 0. The van der Waals surface area contributed by atoms with Crippen LogP contribution in [0.1, 0.15) is 5.56 Å². The highest BCUT2D eigenvalue weighted by Crippen LogP contribution is 2.17. The first-order valence-electron chi connectivity index (χ1n) is 7.68. The molecule has 0 unspecified atom stereocenters. The van der Waals surface area contributed by atoms with Gasteiger partial charge in [-0.1, -0.05) is 52.3 Å². The Hall–Kier alpha value is -2.87. The van der Waals surface area contributed by atoms with Crippen LogP contribution < -0.4 is 15.4 Å². The first-order valence-corrected chi connectivity index (χ1v) is 8.48. The number of imide groups is 1. The third-order valence-corrected chi connectivity index (χ3v) is 3.56. The summed E-state index contributed by atoms with van der Waals surface area (Å²) in [6.07, 6.45) is 0. The van der Waals surface area contributed by atoms with E-state index in [2.05, 4.69) is 26.6 Å². The van der Waals surface area contributed by atoms with Gasteiger partial charge in [0.1, 0.15) is 5.75 Å². The highest BCUT2D eigenvalue weighted by atomic mass is 79.9. The molecule has 2 aromatic rings. The summed E-state index contributed by atoms with van der Waals surface area (Å²) >= 11 is 3.28. The summed E-state index contributed by atoms with van der Waals surface area (Å²) in [4.78, 5) is 34.8. The van der Waals surface area contributed by atoms with E-state index in [9.17, 15) is 14.4 Å². The van der Waals surface area contributed by atoms with Crippen LogP contribution in [-0.2, 0) is 20.9 Å². The van der Waals surface area contributed by atoms with Gasteiger partial charge in [0.15, 0.2) is 13.2 Å². The zero-order chi connectivity index (χ0) is 18.8. The second-order valence-electron chi connectivity index (χ2n) is 5.12. The van der Waals surface area contributed by atoms with E-state index in [1.54, 1.807) is 18.2 Å². The second kappa shape index (κ2) is 10.2. The van der Waals surface area contributed by atoms with Gasteiger partial charge in [-0.25, -0.2) is 9.59 Å². The minimum Gasteiger partial charge on any atom is -0.482 e. The Balaban J connectivity index is 1.62. The molecule has 3 amide bonds. The summed E-state index contributed by atoms with van der Waals surface area (Å²) in [5.41, 5.74) is 0.895. The average Bonchev–Trinajstić information content (AvgIpc) is 2.64. The van der Waals surface area contributed by atoms with Gasteiger partial charge < -0.3 is 14.8 Å². The average molecular weight is 421 g/mol. The van der Waals surface area contributed by atoms with Crippen LogP contribution in [0.15, 0.2) is 59.1 Å². The lowest BCUT2D eigenvalue weighted by atomic mass is 10.2. The summed E-state index contributed by atoms with van der Waals surface area (Å²) in [6, 6.07) is 15.5. The van der Waals surface area contributed by atoms with E-state index in [1.807, 2.05) is 36.4 Å². The number of carbonyl (C=O) groups is 3. The Labute approximate surface area is 158 Å². The minimum atomic E-state index is -0.730. The molecule has 26 heavy (non-hydrogen) atoms. The van der Waals surface area contributed by atoms with Crippen molar-refractivity contribution in [1.82, 2.24) is 10.6 Å². The molecule has 2 aromatic carbocycles. The summed E-state index contributed by atoms with van der Waals surface area (Å²) in [5, 5.41) is 4.60. The van der Waals surface area contributed by atoms with Crippen molar-refractivity contribution in [3.05, 3.63) is 64.6 Å². The largest absolute Gasteiger partial charge is 0.482 e. The van der Waals surface area contributed by atoms with Crippen LogP contribution in [0.4, 0.5) is 4.79 Å². The van der Waals surface area contributed by atoms with Gasteiger partial charge in [-0.15, -0.1) is 0 Å². The maximum Gasteiger partial charge on any atom is 0.344 e. The first-order chi connectivity index (χ1) is 12.5. The summed E-state index contributed by atoms with van der Waals surface area (Å²) in [5.74, 6) is -0.961. The molecule has 2 rings (SSSR count). The number of urea groups is 1. The number of rotatable bonds is 7. The number of carbonyl (C=O) groups excluding carboxylic acids is 3. The molecule has 8 heteroatoms. The molecule has 0 spiro atoms. The molecule has 7 nitrogen and oxygen atoms in total. The van der Waals surface area contributed by atoms with Crippen molar-refractivity contribution in [2.24, 2.45) is 0 Å². The fraction of sp³-hybridized carbons (Fsp3) is 0.167. The maximum atomic E-state index is 11.6. The molecule has 0 heterocycles. The Morgan fingerprint density at radius 2 is 1.73 bits per heavy atom. The van der Waals surface area contributed by atoms with E-state index in [0.29, 0.717) is 5.75 Å². The van der Waals surface area contributed by atoms with Crippen LogP contribution in [0.25, 0.3) is 0 Å². The molecular formula is C18H17BrN2O5. The number of hydrogen-bond acceptors (Lipinski definition) is 5.